The molecule has 0 atom stereocenters. The van der Waals surface area contributed by atoms with E-state index in [-0.39, 0.29) is 12.5 Å². The first-order valence-electron chi connectivity index (χ1n) is 4.46. The Labute approximate surface area is 88.6 Å². The zero-order valence-electron chi connectivity index (χ0n) is 9.06. The first-order chi connectivity index (χ1) is 7.17. The molecule has 0 saturated carbocycles. The van der Waals surface area contributed by atoms with E-state index in [0.717, 1.165) is 0 Å². The number of hydrogen-bond acceptors (Lipinski definition) is 5. The monoisotopic (exact) mass is 210 g/mol. The normalized spacial score (nSPS) is 9.53. The number of anilines is 1. The molecule has 1 rings (SSSR count). The lowest BCUT2D eigenvalue weighted by Crippen LogP contribution is -2.27. The van der Waals surface area contributed by atoms with Crippen LogP contribution in [-0.2, 0) is 9.53 Å². The van der Waals surface area contributed by atoms with Crippen molar-refractivity contribution in [1.82, 2.24) is 4.98 Å². The second-order valence-electron chi connectivity index (χ2n) is 2.97. The molecule has 0 N–H and O–H groups in total. The molecular formula is C10H14N2O3. The molecule has 0 aliphatic heterocycles. The molecule has 0 radical (unpaired) electrons. The number of esters is 1. The zero-order valence-corrected chi connectivity index (χ0v) is 9.06. The smallest absolute Gasteiger partial charge is 0.325 e. The van der Waals surface area contributed by atoms with Crippen LogP contribution in [0.25, 0.3) is 0 Å². The summed E-state index contributed by atoms with van der Waals surface area (Å²) in [5, 5.41) is 0. The first-order valence-corrected chi connectivity index (χ1v) is 4.46. The number of nitrogens with zero attached hydrogens (tertiary/aromatic N) is 2. The molecule has 0 spiro atoms. The maximum Gasteiger partial charge on any atom is 0.325 e. The third kappa shape index (κ3) is 3.12. The van der Waals surface area contributed by atoms with Gasteiger partial charge in [0.05, 0.1) is 14.2 Å². The van der Waals surface area contributed by atoms with E-state index in [9.17, 15) is 4.79 Å². The van der Waals surface area contributed by atoms with Crippen molar-refractivity contribution in [1.29, 1.82) is 0 Å². The zero-order chi connectivity index (χ0) is 11.3. The van der Waals surface area contributed by atoms with Crippen LogP contribution in [0.15, 0.2) is 18.2 Å². The largest absolute Gasteiger partial charge is 0.481 e. The molecule has 1 aromatic rings. The molecule has 1 aromatic heterocycles. The van der Waals surface area contributed by atoms with E-state index in [1.54, 1.807) is 31.2 Å². The molecule has 0 unspecified atom stereocenters. The number of carbonyl (C=O) groups excluding carboxylic acids is 1. The van der Waals surface area contributed by atoms with Crippen molar-refractivity contribution in [3.05, 3.63) is 18.2 Å². The van der Waals surface area contributed by atoms with Crippen molar-refractivity contribution in [2.24, 2.45) is 0 Å². The van der Waals surface area contributed by atoms with Gasteiger partial charge in [-0.3, -0.25) is 4.79 Å². The van der Waals surface area contributed by atoms with Gasteiger partial charge >= 0.3 is 5.97 Å². The molecule has 82 valence electrons. The quantitative estimate of drug-likeness (QED) is 0.685. The molecule has 0 aromatic carbocycles. The summed E-state index contributed by atoms with van der Waals surface area (Å²) in [6.07, 6.45) is 0. The number of hydrogen-bond donors (Lipinski definition) is 0. The number of rotatable bonds is 4. The molecule has 0 amide bonds. The summed E-state index contributed by atoms with van der Waals surface area (Å²) in [5.74, 6) is 0.881. The molecule has 0 bridgehead atoms. The van der Waals surface area contributed by atoms with Gasteiger partial charge in [0, 0.05) is 13.1 Å². The summed E-state index contributed by atoms with van der Waals surface area (Å²) >= 11 is 0. The summed E-state index contributed by atoms with van der Waals surface area (Å²) in [6.45, 7) is 0.163. The highest BCUT2D eigenvalue weighted by molar-refractivity contribution is 5.74. The number of carbonyl (C=O) groups is 1. The summed E-state index contributed by atoms with van der Waals surface area (Å²) in [5.41, 5.74) is 0. The Morgan fingerprint density at radius 3 is 2.80 bits per heavy atom. The minimum atomic E-state index is -0.304. The van der Waals surface area contributed by atoms with Crippen molar-refractivity contribution in [3.8, 4) is 5.88 Å². The third-order valence-electron chi connectivity index (χ3n) is 1.90. The van der Waals surface area contributed by atoms with Gasteiger partial charge in [0.2, 0.25) is 5.88 Å². The summed E-state index contributed by atoms with van der Waals surface area (Å²) in [4.78, 5) is 16.9. The van der Waals surface area contributed by atoms with Crippen LogP contribution in [0.3, 0.4) is 0 Å². The van der Waals surface area contributed by atoms with Crippen LogP contribution in [0.4, 0.5) is 5.82 Å². The fourth-order valence-electron chi connectivity index (χ4n) is 1.07. The number of likely N-dealkylation sites (N-methyl/N-ethyl adjacent to an activating group) is 1. The first kappa shape index (κ1) is 11.3. The number of ether oxygens (including phenoxy) is 2. The van der Waals surface area contributed by atoms with Gasteiger partial charge in [0.25, 0.3) is 0 Å². The minimum Gasteiger partial charge on any atom is -0.481 e. The highest BCUT2D eigenvalue weighted by Gasteiger charge is 2.08. The topological polar surface area (TPSA) is 51.7 Å². The average Bonchev–Trinajstić information content (AvgIpc) is 2.28. The highest BCUT2D eigenvalue weighted by Crippen LogP contribution is 2.13. The van der Waals surface area contributed by atoms with Crippen LogP contribution >= 0.6 is 0 Å². The lowest BCUT2D eigenvalue weighted by molar-refractivity contribution is -0.138. The van der Waals surface area contributed by atoms with Gasteiger partial charge in [-0.2, -0.15) is 4.98 Å². The van der Waals surface area contributed by atoms with Gasteiger partial charge in [0.15, 0.2) is 0 Å². The number of pyridine rings is 1. The van der Waals surface area contributed by atoms with E-state index in [1.807, 2.05) is 6.07 Å². The molecule has 5 heteroatoms. The standard InChI is InChI=1S/C10H14N2O3/c1-12(7-10(13)15-3)8-5-4-6-9(11-8)14-2/h4-6H,7H2,1-3H3. The van der Waals surface area contributed by atoms with Crippen LogP contribution in [0.1, 0.15) is 0 Å². The fourth-order valence-corrected chi connectivity index (χ4v) is 1.07. The number of aromatic nitrogens is 1. The lowest BCUT2D eigenvalue weighted by atomic mass is 10.4. The molecule has 0 aliphatic rings. The predicted molar refractivity (Wildman–Crippen MR) is 56.1 cm³/mol. The van der Waals surface area contributed by atoms with Crippen molar-refractivity contribution >= 4 is 11.8 Å². The maximum absolute atomic E-state index is 11.0. The third-order valence-corrected chi connectivity index (χ3v) is 1.90. The molecule has 0 aliphatic carbocycles. The Morgan fingerprint density at radius 1 is 1.47 bits per heavy atom. The summed E-state index contributed by atoms with van der Waals surface area (Å²) in [6, 6.07) is 5.36. The van der Waals surface area contributed by atoms with Crippen molar-refractivity contribution in [2.75, 3.05) is 32.7 Å². The number of methoxy groups -OCH3 is 2. The van der Waals surface area contributed by atoms with Crippen LogP contribution in [-0.4, -0.2) is 38.8 Å². The Bertz CT molecular complexity index is 341. The van der Waals surface area contributed by atoms with Crippen LogP contribution in [0.2, 0.25) is 0 Å². The second-order valence-corrected chi connectivity index (χ2v) is 2.97. The van der Waals surface area contributed by atoms with Crippen LogP contribution in [0.5, 0.6) is 5.88 Å². The van der Waals surface area contributed by atoms with Crippen molar-refractivity contribution < 1.29 is 14.3 Å². The molecule has 5 nitrogen and oxygen atoms in total. The Hall–Kier alpha value is -1.78. The summed E-state index contributed by atoms with van der Waals surface area (Å²) < 4.78 is 9.54. The second kappa shape index (κ2) is 5.19. The fraction of sp³-hybridized carbons (Fsp3) is 0.400. The lowest BCUT2D eigenvalue weighted by Gasteiger charge is -2.16. The highest BCUT2D eigenvalue weighted by atomic mass is 16.5. The Kier molecular flexibility index (Phi) is 3.91. The van der Waals surface area contributed by atoms with Gasteiger partial charge in [-0.1, -0.05) is 6.07 Å². The van der Waals surface area contributed by atoms with Crippen LogP contribution in [0, 0.1) is 0 Å². The molecule has 1 heterocycles. The molecular weight excluding hydrogens is 196 g/mol. The Balaban J connectivity index is 2.72. The summed E-state index contributed by atoms with van der Waals surface area (Å²) in [7, 11) is 4.67. The SMILES string of the molecule is COC(=O)CN(C)c1cccc(OC)n1. The molecule has 15 heavy (non-hydrogen) atoms. The van der Waals surface area contributed by atoms with Gasteiger partial charge in [0.1, 0.15) is 12.4 Å². The van der Waals surface area contributed by atoms with Crippen LogP contribution < -0.4 is 9.64 Å². The van der Waals surface area contributed by atoms with Gasteiger partial charge < -0.3 is 14.4 Å². The van der Waals surface area contributed by atoms with E-state index < -0.39 is 0 Å². The maximum atomic E-state index is 11.0. The van der Waals surface area contributed by atoms with Crippen molar-refractivity contribution in [3.63, 3.8) is 0 Å². The van der Waals surface area contributed by atoms with E-state index in [4.69, 9.17) is 4.74 Å². The minimum absolute atomic E-state index is 0.163. The van der Waals surface area contributed by atoms with Crippen molar-refractivity contribution in [2.45, 2.75) is 0 Å². The van der Waals surface area contributed by atoms with E-state index in [2.05, 4.69) is 9.72 Å². The van der Waals surface area contributed by atoms with E-state index >= 15 is 0 Å². The van der Waals surface area contributed by atoms with E-state index in [0.29, 0.717) is 11.7 Å². The average molecular weight is 210 g/mol. The van der Waals surface area contributed by atoms with E-state index in [1.165, 1.54) is 7.11 Å². The Morgan fingerprint density at radius 2 is 2.20 bits per heavy atom. The predicted octanol–water partition coefficient (Wildman–Crippen LogP) is 0.699. The van der Waals surface area contributed by atoms with Gasteiger partial charge in [-0.15, -0.1) is 0 Å². The van der Waals surface area contributed by atoms with Gasteiger partial charge in [-0.05, 0) is 6.07 Å². The molecule has 0 saturated heterocycles. The molecule has 0 fully saturated rings. The van der Waals surface area contributed by atoms with Gasteiger partial charge in [-0.25, -0.2) is 0 Å².